The molecule has 0 saturated heterocycles. The van der Waals surface area contributed by atoms with Crippen LogP contribution in [0.1, 0.15) is 11.1 Å². The fraction of sp³-hybridized carbons (Fsp3) is 0.0625. The molecule has 22 heavy (non-hydrogen) atoms. The summed E-state index contributed by atoms with van der Waals surface area (Å²) in [6.45, 7) is 0. The van der Waals surface area contributed by atoms with Crippen molar-refractivity contribution in [1.29, 1.82) is 0 Å². The molecule has 0 aliphatic carbocycles. The number of nitrogens with zero attached hydrogens (tertiary/aromatic N) is 1. The SMILES string of the molecule is COC(=O)C1=Cc2cc([N+](=O)[O-])ccc2Oc2ccccc21. The molecule has 110 valence electrons. The van der Waals surface area contributed by atoms with Gasteiger partial charge in [-0.1, -0.05) is 18.2 Å². The quantitative estimate of drug-likeness (QED) is 0.482. The van der Waals surface area contributed by atoms with Crippen molar-refractivity contribution in [3.63, 3.8) is 0 Å². The Hall–Kier alpha value is -3.15. The number of rotatable bonds is 2. The molecule has 3 rings (SSSR count). The molecular formula is C16H11NO5. The van der Waals surface area contributed by atoms with Gasteiger partial charge in [-0.25, -0.2) is 4.79 Å². The van der Waals surface area contributed by atoms with Gasteiger partial charge in [-0.15, -0.1) is 0 Å². The van der Waals surface area contributed by atoms with Crippen molar-refractivity contribution in [1.82, 2.24) is 0 Å². The maximum atomic E-state index is 12.0. The number of carbonyl (C=O) groups excluding carboxylic acids is 1. The van der Waals surface area contributed by atoms with Gasteiger partial charge in [-0.2, -0.15) is 0 Å². The van der Waals surface area contributed by atoms with Gasteiger partial charge in [-0.3, -0.25) is 10.1 Å². The molecule has 1 aliphatic rings. The zero-order valence-electron chi connectivity index (χ0n) is 11.6. The van der Waals surface area contributed by atoms with Crippen LogP contribution in [0.3, 0.4) is 0 Å². The number of fused-ring (bicyclic) bond motifs is 2. The first kappa shape index (κ1) is 13.8. The van der Waals surface area contributed by atoms with E-state index in [1.54, 1.807) is 30.3 Å². The molecule has 0 amide bonds. The van der Waals surface area contributed by atoms with E-state index in [1.165, 1.54) is 25.3 Å². The number of benzene rings is 2. The van der Waals surface area contributed by atoms with Gasteiger partial charge < -0.3 is 9.47 Å². The highest BCUT2D eigenvalue weighted by Crippen LogP contribution is 2.39. The molecule has 0 unspecified atom stereocenters. The summed E-state index contributed by atoms with van der Waals surface area (Å²) in [5, 5.41) is 10.9. The average Bonchev–Trinajstić information content (AvgIpc) is 2.69. The van der Waals surface area contributed by atoms with E-state index in [0.717, 1.165) is 0 Å². The number of nitro benzene ring substituents is 1. The third kappa shape index (κ3) is 2.31. The Balaban J connectivity index is 2.24. The molecule has 0 spiro atoms. The lowest BCUT2D eigenvalue weighted by Gasteiger charge is -2.09. The van der Waals surface area contributed by atoms with Crippen LogP contribution in [0, 0.1) is 10.1 Å². The molecular weight excluding hydrogens is 286 g/mol. The molecule has 1 heterocycles. The normalized spacial score (nSPS) is 12.1. The van der Waals surface area contributed by atoms with Gasteiger partial charge >= 0.3 is 5.97 Å². The van der Waals surface area contributed by atoms with Crippen molar-refractivity contribution in [3.8, 4) is 11.5 Å². The summed E-state index contributed by atoms with van der Waals surface area (Å²) in [5.41, 5.74) is 1.24. The Bertz CT molecular complexity index is 810. The summed E-state index contributed by atoms with van der Waals surface area (Å²) in [6, 6.07) is 11.3. The predicted octanol–water partition coefficient (Wildman–Crippen LogP) is 3.41. The summed E-state index contributed by atoms with van der Waals surface area (Å²) in [6.07, 6.45) is 1.54. The second-order valence-corrected chi connectivity index (χ2v) is 4.63. The number of methoxy groups -OCH3 is 1. The van der Waals surface area contributed by atoms with Gasteiger partial charge in [0.2, 0.25) is 0 Å². The van der Waals surface area contributed by atoms with Crippen LogP contribution in [0.4, 0.5) is 5.69 Å². The minimum Gasteiger partial charge on any atom is -0.465 e. The highest BCUT2D eigenvalue weighted by molar-refractivity contribution is 6.22. The Morgan fingerprint density at radius 3 is 2.68 bits per heavy atom. The molecule has 0 atom stereocenters. The van der Waals surface area contributed by atoms with Crippen molar-refractivity contribution >= 4 is 23.3 Å². The Labute approximate surface area is 125 Å². The summed E-state index contributed by atoms with van der Waals surface area (Å²) < 4.78 is 10.6. The van der Waals surface area contributed by atoms with Crippen LogP contribution in [0.15, 0.2) is 42.5 Å². The molecule has 0 radical (unpaired) electrons. The van der Waals surface area contributed by atoms with Gasteiger partial charge in [0.15, 0.2) is 0 Å². The molecule has 0 fully saturated rings. The molecule has 1 aliphatic heterocycles. The van der Waals surface area contributed by atoms with Crippen molar-refractivity contribution in [2.45, 2.75) is 0 Å². The number of ether oxygens (including phenoxy) is 2. The highest BCUT2D eigenvalue weighted by atomic mass is 16.6. The standard InChI is InChI=1S/C16H11NO5/c1-21-16(18)13-9-10-8-11(17(19)20)6-7-14(10)22-15-5-3-2-4-12(13)15/h2-9H,1H3. The first-order chi connectivity index (χ1) is 10.6. The van der Waals surface area contributed by atoms with Crippen LogP contribution in [-0.2, 0) is 9.53 Å². The van der Waals surface area contributed by atoms with Gasteiger partial charge in [0.25, 0.3) is 5.69 Å². The van der Waals surface area contributed by atoms with Crippen LogP contribution in [0.5, 0.6) is 11.5 Å². The largest absolute Gasteiger partial charge is 0.465 e. The van der Waals surface area contributed by atoms with Crippen molar-refractivity contribution in [2.24, 2.45) is 0 Å². The van der Waals surface area contributed by atoms with Crippen LogP contribution in [0.2, 0.25) is 0 Å². The number of hydrogen-bond acceptors (Lipinski definition) is 5. The first-order valence-electron chi connectivity index (χ1n) is 6.46. The molecule has 0 N–H and O–H groups in total. The van der Waals surface area contributed by atoms with Crippen molar-refractivity contribution in [3.05, 3.63) is 63.7 Å². The van der Waals surface area contributed by atoms with Crippen molar-refractivity contribution in [2.75, 3.05) is 7.11 Å². The Morgan fingerprint density at radius 1 is 1.18 bits per heavy atom. The van der Waals surface area contributed by atoms with Crippen LogP contribution >= 0.6 is 0 Å². The second-order valence-electron chi connectivity index (χ2n) is 4.63. The van der Waals surface area contributed by atoms with Crippen LogP contribution in [0.25, 0.3) is 11.6 Å². The van der Waals surface area contributed by atoms with E-state index in [1.807, 2.05) is 0 Å². The van der Waals surface area contributed by atoms with Gasteiger partial charge in [-0.05, 0) is 18.2 Å². The summed E-state index contributed by atoms with van der Waals surface area (Å²) in [5.74, 6) is 0.402. The minimum atomic E-state index is -0.532. The summed E-state index contributed by atoms with van der Waals surface area (Å²) >= 11 is 0. The molecule has 2 aromatic rings. The second kappa shape index (κ2) is 5.33. The lowest BCUT2D eigenvalue weighted by molar-refractivity contribution is -0.384. The number of hydrogen-bond donors (Lipinski definition) is 0. The number of non-ortho nitro benzene ring substituents is 1. The van der Waals surface area contributed by atoms with Gasteiger partial charge in [0.05, 0.1) is 17.6 Å². The lowest BCUT2D eigenvalue weighted by atomic mass is 10.0. The monoisotopic (exact) mass is 297 g/mol. The summed E-state index contributed by atoms with van der Waals surface area (Å²) in [7, 11) is 1.28. The maximum Gasteiger partial charge on any atom is 0.338 e. The van der Waals surface area contributed by atoms with E-state index in [-0.39, 0.29) is 11.3 Å². The zero-order valence-corrected chi connectivity index (χ0v) is 11.6. The van der Waals surface area contributed by atoms with E-state index in [9.17, 15) is 14.9 Å². The maximum absolute atomic E-state index is 12.0. The molecule has 0 aromatic heterocycles. The van der Waals surface area contributed by atoms with E-state index in [0.29, 0.717) is 22.6 Å². The third-order valence-corrected chi connectivity index (χ3v) is 3.31. The average molecular weight is 297 g/mol. The smallest absolute Gasteiger partial charge is 0.338 e. The van der Waals surface area contributed by atoms with E-state index >= 15 is 0 Å². The van der Waals surface area contributed by atoms with Crippen molar-refractivity contribution < 1.29 is 19.2 Å². The van der Waals surface area contributed by atoms with Gasteiger partial charge in [0, 0.05) is 23.3 Å². The van der Waals surface area contributed by atoms with E-state index in [2.05, 4.69) is 0 Å². The van der Waals surface area contributed by atoms with Crippen LogP contribution < -0.4 is 4.74 Å². The fourth-order valence-corrected chi connectivity index (χ4v) is 2.26. The van der Waals surface area contributed by atoms with Crippen LogP contribution in [-0.4, -0.2) is 18.0 Å². The third-order valence-electron chi connectivity index (χ3n) is 3.31. The number of esters is 1. The zero-order chi connectivity index (χ0) is 15.7. The summed E-state index contributed by atoms with van der Waals surface area (Å²) in [4.78, 5) is 22.4. The predicted molar refractivity (Wildman–Crippen MR) is 79.5 cm³/mol. The number of nitro groups is 1. The number of carbonyl (C=O) groups is 1. The Kier molecular flexibility index (Phi) is 3.34. The topological polar surface area (TPSA) is 78.7 Å². The lowest BCUT2D eigenvalue weighted by Crippen LogP contribution is -2.03. The highest BCUT2D eigenvalue weighted by Gasteiger charge is 2.23. The van der Waals surface area contributed by atoms with E-state index < -0.39 is 10.9 Å². The molecule has 0 bridgehead atoms. The molecule has 6 heteroatoms. The molecule has 2 aromatic carbocycles. The number of para-hydroxylation sites is 1. The fourth-order valence-electron chi connectivity index (χ4n) is 2.26. The molecule has 6 nitrogen and oxygen atoms in total. The van der Waals surface area contributed by atoms with Gasteiger partial charge in [0.1, 0.15) is 11.5 Å². The van der Waals surface area contributed by atoms with E-state index in [4.69, 9.17) is 9.47 Å². The minimum absolute atomic E-state index is 0.0752. The first-order valence-corrected chi connectivity index (χ1v) is 6.46. The Morgan fingerprint density at radius 2 is 1.95 bits per heavy atom. The molecule has 0 saturated carbocycles.